The van der Waals surface area contributed by atoms with E-state index >= 15 is 0 Å². The standard InChI is InChI=1S/C11H21/c1-2-11-9-7-5-3-4-6-8-10-11/h2-10H2,1H3. The lowest BCUT2D eigenvalue weighted by Crippen LogP contribution is -1.94. The van der Waals surface area contributed by atoms with Crippen LogP contribution >= 0.6 is 0 Å². The van der Waals surface area contributed by atoms with Crippen LogP contribution in [0.3, 0.4) is 0 Å². The molecule has 0 bridgehead atoms. The fraction of sp³-hybridized carbons (Fsp3) is 0.909. The van der Waals surface area contributed by atoms with Gasteiger partial charge in [0, 0.05) is 0 Å². The molecule has 0 amide bonds. The quantitative estimate of drug-likeness (QED) is 0.532. The van der Waals surface area contributed by atoms with Gasteiger partial charge in [-0.3, -0.25) is 0 Å². The van der Waals surface area contributed by atoms with E-state index in [0.717, 1.165) is 0 Å². The average molecular weight is 153 g/mol. The summed E-state index contributed by atoms with van der Waals surface area (Å²) in [7, 11) is 0. The summed E-state index contributed by atoms with van der Waals surface area (Å²) >= 11 is 0. The van der Waals surface area contributed by atoms with E-state index in [1.807, 2.05) is 5.92 Å². The fourth-order valence-corrected chi connectivity index (χ4v) is 1.94. The highest BCUT2D eigenvalue weighted by atomic mass is 14.1. The minimum absolute atomic E-state index is 1.33. The molecule has 0 aliphatic heterocycles. The van der Waals surface area contributed by atoms with Crippen molar-refractivity contribution < 1.29 is 0 Å². The lowest BCUT2D eigenvalue weighted by atomic mass is 9.95. The Morgan fingerprint density at radius 3 is 1.73 bits per heavy atom. The topological polar surface area (TPSA) is 0 Å². The van der Waals surface area contributed by atoms with E-state index < -0.39 is 0 Å². The smallest absolute Gasteiger partial charge is 0.0244 e. The van der Waals surface area contributed by atoms with Gasteiger partial charge in [-0.15, -0.1) is 0 Å². The van der Waals surface area contributed by atoms with Gasteiger partial charge in [0.2, 0.25) is 0 Å². The van der Waals surface area contributed by atoms with Gasteiger partial charge in [0.25, 0.3) is 0 Å². The summed E-state index contributed by atoms with van der Waals surface area (Å²) in [6.45, 7) is 2.31. The van der Waals surface area contributed by atoms with Gasteiger partial charge in [0.1, 0.15) is 0 Å². The molecule has 0 aromatic heterocycles. The molecule has 0 heteroatoms. The van der Waals surface area contributed by atoms with Crippen LogP contribution in [0.25, 0.3) is 0 Å². The molecule has 0 heterocycles. The predicted octanol–water partition coefficient (Wildman–Crippen LogP) is 4.11. The van der Waals surface area contributed by atoms with Crippen molar-refractivity contribution in [2.45, 2.75) is 64.7 Å². The fourth-order valence-electron chi connectivity index (χ4n) is 1.94. The maximum atomic E-state index is 2.31. The van der Waals surface area contributed by atoms with Crippen LogP contribution < -0.4 is 0 Å². The SMILES string of the molecule is CC[C]1CCCCCCCC1. The normalized spacial score (nSPS) is 23.7. The first-order valence-corrected chi connectivity index (χ1v) is 5.27. The van der Waals surface area contributed by atoms with E-state index in [-0.39, 0.29) is 0 Å². The summed E-state index contributed by atoms with van der Waals surface area (Å²) in [5.41, 5.74) is 0. The van der Waals surface area contributed by atoms with Crippen molar-refractivity contribution in [1.82, 2.24) is 0 Å². The van der Waals surface area contributed by atoms with Gasteiger partial charge in [-0.1, -0.05) is 45.4 Å². The Balaban J connectivity index is 2.19. The first-order valence-electron chi connectivity index (χ1n) is 5.27. The molecule has 65 valence electrons. The molecule has 0 N–H and O–H groups in total. The van der Waals surface area contributed by atoms with Gasteiger partial charge in [0.15, 0.2) is 0 Å². The number of hydrogen-bond donors (Lipinski definition) is 0. The summed E-state index contributed by atoms with van der Waals surface area (Å²) in [5, 5.41) is 0. The minimum Gasteiger partial charge on any atom is -0.0648 e. The molecule has 1 fully saturated rings. The van der Waals surface area contributed by atoms with E-state index in [1.54, 1.807) is 0 Å². The molecule has 1 radical (unpaired) electrons. The third-order valence-electron chi connectivity index (χ3n) is 2.81. The van der Waals surface area contributed by atoms with Crippen LogP contribution in [0.5, 0.6) is 0 Å². The first kappa shape index (κ1) is 9.09. The molecule has 0 unspecified atom stereocenters. The highest BCUT2D eigenvalue weighted by molar-refractivity contribution is 4.87. The third kappa shape index (κ3) is 3.79. The molecule has 0 nitrogen and oxygen atoms in total. The predicted molar refractivity (Wildman–Crippen MR) is 50.5 cm³/mol. The van der Waals surface area contributed by atoms with Crippen LogP contribution in [0.2, 0.25) is 0 Å². The summed E-state index contributed by atoms with van der Waals surface area (Å²) in [6, 6.07) is 0. The third-order valence-corrected chi connectivity index (χ3v) is 2.81. The van der Waals surface area contributed by atoms with Crippen molar-refractivity contribution in [3.63, 3.8) is 0 Å². The zero-order valence-corrected chi connectivity index (χ0v) is 7.86. The van der Waals surface area contributed by atoms with E-state index in [0.29, 0.717) is 0 Å². The maximum absolute atomic E-state index is 2.31. The highest BCUT2D eigenvalue weighted by Crippen LogP contribution is 2.25. The Morgan fingerprint density at radius 2 is 1.27 bits per heavy atom. The first-order chi connectivity index (χ1) is 5.43. The molecule has 0 atom stereocenters. The number of hydrogen-bond acceptors (Lipinski definition) is 0. The van der Waals surface area contributed by atoms with Crippen molar-refractivity contribution >= 4 is 0 Å². The van der Waals surface area contributed by atoms with Gasteiger partial charge < -0.3 is 0 Å². The van der Waals surface area contributed by atoms with Crippen LogP contribution in [-0.4, -0.2) is 0 Å². The Kier molecular flexibility index (Phi) is 4.65. The van der Waals surface area contributed by atoms with Crippen molar-refractivity contribution in [3.8, 4) is 0 Å². The Labute approximate surface area is 71.4 Å². The molecule has 1 aliphatic carbocycles. The average Bonchev–Trinajstić information content (AvgIpc) is 2.16. The van der Waals surface area contributed by atoms with Crippen LogP contribution in [0.1, 0.15) is 64.7 Å². The second-order valence-corrected chi connectivity index (χ2v) is 3.72. The molecule has 0 aromatic carbocycles. The molecule has 11 heavy (non-hydrogen) atoms. The van der Waals surface area contributed by atoms with Gasteiger partial charge >= 0.3 is 0 Å². The summed E-state index contributed by atoms with van der Waals surface area (Å²) in [6.07, 6.45) is 13.0. The highest BCUT2D eigenvalue weighted by Gasteiger charge is 2.07. The molecular formula is C11H21. The molecule has 1 saturated carbocycles. The largest absolute Gasteiger partial charge is 0.0648 e. The second kappa shape index (κ2) is 5.62. The van der Waals surface area contributed by atoms with Gasteiger partial charge in [-0.2, -0.15) is 0 Å². The molecule has 1 rings (SSSR count). The van der Waals surface area contributed by atoms with E-state index in [9.17, 15) is 0 Å². The Bertz CT molecular complexity index is 76.0. The van der Waals surface area contributed by atoms with E-state index in [2.05, 4.69) is 6.92 Å². The minimum atomic E-state index is 1.33. The molecular weight excluding hydrogens is 132 g/mol. The molecule has 1 aliphatic rings. The van der Waals surface area contributed by atoms with Crippen LogP contribution in [0.15, 0.2) is 0 Å². The molecule has 0 spiro atoms. The molecule has 0 aromatic rings. The van der Waals surface area contributed by atoms with Gasteiger partial charge in [-0.05, 0) is 25.2 Å². The molecule has 0 saturated heterocycles. The van der Waals surface area contributed by atoms with E-state index in [1.165, 1.54) is 57.8 Å². The van der Waals surface area contributed by atoms with Crippen LogP contribution in [0, 0.1) is 5.92 Å². The lowest BCUT2D eigenvalue weighted by molar-refractivity contribution is 0.624. The monoisotopic (exact) mass is 153 g/mol. The van der Waals surface area contributed by atoms with Crippen molar-refractivity contribution in [1.29, 1.82) is 0 Å². The van der Waals surface area contributed by atoms with Gasteiger partial charge in [0.05, 0.1) is 0 Å². The maximum Gasteiger partial charge on any atom is -0.0244 e. The second-order valence-electron chi connectivity index (χ2n) is 3.72. The Morgan fingerprint density at radius 1 is 0.818 bits per heavy atom. The van der Waals surface area contributed by atoms with Gasteiger partial charge in [-0.25, -0.2) is 0 Å². The van der Waals surface area contributed by atoms with Crippen molar-refractivity contribution in [3.05, 3.63) is 5.92 Å². The van der Waals surface area contributed by atoms with Crippen molar-refractivity contribution in [2.75, 3.05) is 0 Å². The zero-order valence-electron chi connectivity index (χ0n) is 7.86. The number of rotatable bonds is 1. The van der Waals surface area contributed by atoms with Crippen molar-refractivity contribution in [2.24, 2.45) is 0 Å². The lowest BCUT2D eigenvalue weighted by Gasteiger charge is -2.11. The summed E-state index contributed by atoms with van der Waals surface area (Å²) < 4.78 is 0. The van der Waals surface area contributed by atoms with Crippen LogP contribution in [0.4, 0.5) is 0 Å². The zero-order chi connectivity index (χ0) is 7.94. The Hall–Kier alpha value is 0. The summed E-state index contributed by atoms with van der Waals surface area (Å²) in [5.74, 6) is 1.83. The summed E-state index contributed by atoms with van der Waals surface area (Å²) in [4.78, 5) is 0. The van der Waals surface area contributed by atoms with E-state index in [4.69, 9.17) is 0 Å². The van der Waals surface area contributed by atoms with Crippen LogP contribution in [-0.2, 0) is 0 Å².